The highest BCUT2D eigenvalue weighted by Crippen LogP contribution is 2.23. The maximum Gasteiger partial charge on any atom is 0.273 e. The summed E-state index contributed by atoms with van der Waals surface area (Å²) in [5.41, 5.74) is 5.95. The molecule has 0 atom stereocenters. The summed E-state index contributed by atoms with van der Waals surface area (Å²) in [4.78, 5) is 23.9. The zero-order chi connectivity index (χ0) is 16.9. The van der Waals surface area contributed by atoms with E-state index in [2.05, 4.69) is 20.6 Å². The topological polar surface area (TPSA) is 119 Å². The van der Waals surface area contributed by atoms with Crippen molar-refractivity contribution in [3.8, 4) is 5.69 Å². The number of nitrogens with one attached hydrogen (secondary N) is 2. The largest absolute Gasteiger partial charge is 0.374 e. The van der Waals surface area contributed by atoms with E-state index in [1.54, 1.807) is 12.1 Å². The van der Waals surface area contributed by atoms with Gasteiger partial charge in [-0.15, -0.1) is 10.2 Å². The number of carbonyl (C=O) groups is 1. The van der Waals surface area contributed by atoms with E-state index in [-0.39, 0.29) is 17.9 Å². The third-order valence-corrected chi connectivity index (χ3v) is 4.87. The first-order valence-corrected chi connectivity index (χ1v) is 8.81. The molecule has 0 saturated carbocycles. The first-order valence-electron chi connectivity index (χ1n) is 7.01. The van der Waals surface area contributed by atoms with E-state index in [0.717, 1.165) is 4.34 Å². The van der Waals surface area contributed by atoms with Crippen LogP contribution in [0.15, 0.2) is 45.5 Å². The molecule has 0 aliphatic rings. The van der Waals surface area contributed by atoms with Crippen molar-refractivity contribution in [2.24, 2.45) is 0 Å². The fourth-order valence-corrected chi connectivity index (χ4v) is 3.60. The van der Waals surface area contributed by atoms with Crippen molar-refractivity contribution in [1.82, 2.24) is 20.0 Å². The smallest absolute Gasteiger partial charge is 0.273 e. The van der Waals surface area contributed by atoms with Crippen LogP contribution in [-0.4, -0.2) is 31.6 Å². The number of nitrogens with two attached hydrogens (primary N) is 1. The molecule has 0 radical (unpaired) electrons. The van der Waals surface area contributed by atoms with Crippen molar-refractivity contribution in [3.63, 3.8) is 0 Å². The first kappa shape index (κ1) is 16.3. The Hall–Kier alpha value is -2.59. The molecule has 24 heavy (non-hydrogen) atoms. The Balaban J connectivity index is 1.56. The van der Waals surface area contributed by atoms with E-state index in [1.165, 1.54) is 33.8 Å². The normalized spacial score (nSPS) is 10.7. The molecular formula is C14H14N6O2S2. The van der Waals surface area contributed by atoms with Gasteiger partial charge in [0, 0.05) is 18.2 Å². The number of hydrogen-bond acceptors (Lipinski definition) is 7. The Morgan fingerprint density at radius 1 is 1.33 bits per heavy atom. The van der Waals surface area contributed by atoms with Gasteiger partial charge in [0.25, 0.3) is 5.56 Å². The van der Waals surface area contributed by atoms with Gasteiger partial charge in [-0.3, -0.25) is 14.7 Å². The summed E-state index contributed by atoms with van der Waals surface area (Å²) in [7, 11) is 0. The summed E-state index contributed by atoms with van der Waals surface area (Å²) in [5.74, 6) is 0.713. The maximum atomic E-state index is 12.0. The number of benzene rings is 1. The molecule has 10 heteroatoms. The Labute approximate surface area is 145 Å². The van der Waals surface area contributed by atoms with Crippen LogP contribution >= 0.6 is 23.1 Å². The van der Waals surface area contributed by atoms with Gasteiger partial charge >= 0.3 is 0 Å². The van der Waals surface area contributed by atoms with E-state index in [4.69, 9.17) is 5.73 Å². The van der Waals surface area contributed by atoms with E-state index < -0.39 is 0 Å². The van der Waals surface area contributed by atoms with Gasteiger partial charge in [0.15, 0.2) is 4.34 Å². The lowest BCUT2D eigenvalue weighted by Crippen LogP contribution is -2.13. The maximum absolute atomic E-state index is 12.0. The van der Waals surface area contributed by atoms with Crippen molar-refractivity contribution in [3.05, 3.63) is 46.8 Å². The molecule has 1 amide bonds. The van der Waals surface area contributed by atoms with Gasteiger partial charge in [-0.1, -0.05) is 41.3 Å². The number of anilines is 2. The van der Waals surface area contributed by atoms with Crippen molar-refractivity contribution in [2.45, 2.75) is 10.8 Å². The Kier molecular flexibility index (Phi) is 4.96. The van der Waals surface area contributed by atoms with Gasteiger partial charge in [0.05, 0.1) is 5.69 Å². The van der Waals surface area contributed by atoms with Crippen molar-refractivity contribution < 1.29 is 4.79 Å². The minimum Gasteiger partial charge on any atom is -0.374 e. The van der Waals surface area contributed by atoms with Gasteiger partial charge in [0.1, 0.15) is 5.82 Å². The molecule has 1 aromatic carbocycles. The number of hydrogen-bond donors (Lipinski definition) is 3. The molecular weight excluding hydrogens is 348 g/mol. The molecule has 0 saturated heterocycles. The third kappa shape index (κ3) is 4.03. The van der Waals surface area contributed by atoms with Crippen LogP contribution < -0.4 is 16.6 Å². The zero-order valence-corrected chi connectivity index (χ0v) is 14.1. The van der Waals surface area contributed by atoms with Crippen LogP contribution in [0.25, 0.3) is 5.69 Å². The summed E-state index contributed by atoms with van der Waals surface area (Å²) in [5, 5.41) is 13.5. The molecule has 8 nitrogen and oxygen atoms in total. The van der Waals surface area contributed by atoms with Crippen LogP contribution in [0.2, 0.25) is 0 Å². The second-order valence-electron chi connectivity index (χ2n) is 4.73. The van der Waals surface area contributed by atoms with Crippen LogP contribution in [0.1, 0.15) is 6.42 Å². The predicted octanol–water partition coefficient (Wildman–Crippen LogP) is 1.72. The quantitative estimate of drug-likeness (QED) is 0.575. The molecule has 0 spiro atoms. The molecule has 0 bridgehead atoms. The standard InChI is InChI=1S/C14H14N6O2S2/c15-13-17-18-14(24-13)23-7-6-11(21)16-10-8-12(22)20(19-10)9-4-2-1-3-5-9/h1-5,8,19H,6-7H2,(H2,15,17)(H,16,21). The Morgan fingerprint density at radius 3 is 2.83 bits per heavy atom. The number of thioether (sulfide) groups is 1. The van der Waals surface area contributed by atoms with Crippen LogP contribution in [0.3, 0.4) is 0 Å². The molecule has 124 valence electrons. The fraction of sp³-hybridized carbons (Fsp3) is 0.143. The third-order valence-electron chi connectivity index (χ3n) is 2.99. The molecule has 0 aliphatic heterocycles. The highest BCUT2D eigenvalue weighted by molar-refractivity contribution is 8.01. The number of H-pyrrole nitrogens is 1. The van der Waals surface area contributed by atoms with E-state index >= 15 is 0 Å². The van der Waals surface area contributed by atoms with E-state index in [0.29, 0.717) is 22.4 Å². The highest BCUT2D eigenvalue weighted by atomic mass is 32.2. The number of nitrogen functional groups attached to an aromatic ring is 1. The fourth-order valence-electron chi connectivity index (χ4n) is 1.95. The number of rotatable bonds is 6. The summed E-state index contributed by atoms with van der Waals surface area (Å²) >= 11 is 2.69. The van der Waals surface area contributed by atoms with Crippen molar-refractivity contribution >= 4 is 40.0 Å². The molecule has 3 aromatic rings. The molecule has 0 aliphatic carbocycles. The lowest BCUT2D eigenvalue weighted by molar-refractivity contribution is -0.115. The number of aromatic nitrogens is 4. The van der Waals surface area contributed by atoms with Gasteiger partial charge in [-0.05, 0) is 12.1 Å². The van der Waals surface area contributed by atoms with Crippen molar-refractivity contribution in [1.29, 1.82) is 0 Å². The number of aromatic amines is 1. The SMILES string of the molecule is Nc1nnc(SCCC(=O)Nc2cc(=O)n(-c3ccccc3)[nH]2)s1. The number of carbonyl (C=O) groups excluding carboxylic acids is 1. The van der Waals surface area contributed by atoms with E-state index in [9.17, 15) is 9.59 Å². The zero-order valence-electron chi connectivity index (χ0n) is 12.4. The second kappa shape index (κ2) is 7.32. The number of amides is 1. The lowest BCUT2D eigenvalue weighted by atomic mass is 10.3. The first-order chi connectivity index (χ1) is 11.6. The summed E-state index contributed by atoms with van der Waals surface area (Å²) in [6.07, 6.45) is 0.280. The Bertz CT molecular complexity index is 886. The molecule has 4 N–H and O–H groups in total. The minimum absolute atomic E-state index is 0.193. The summed E-state index contributed by atoms with van der Waals surface area (Å²) < 4.78 is 2.10. The highest BCUT2D eigenvalue weighted by Gasteiger charge is 2.09. The van der Waals surface area contributed by atoms with E-state index in [1.807, 2.05) is 18.2 Å². The Morgan fingerprint density at radius 2 is 2.12 bits per heavy atom. The monoisotopic (exact) mass is 362 g/mol. The van der Waals surface area contributed by atoms with Crippen LogP contribution in [0.4, 0.5) is 10.9 Å². The average Bonchev–Trinajstić information content (AvgIpc) is 3.14. The van der Waals surface area contributed by atoms with Gasteiger partial charge < -0.3 is 11.1 Å². The molecule has 2 heterocycles. The molecule has 0 fully saturated rings. The predicted molar refractivity (Wildman–Crippen MR) is 94.7 cm³/mol. The van der Waals surface area contributed by atoms with Gasteiger partial charge in [0.2, 0.25) is 11.0 Å². The molecule has 0 unspecified atom stereocenters. The van der Waals surface area contributed by atoms with Gasteiger partial charge in [-0.2, -0.15) is 0 Å². The number of nitrogens with zero attached hydrogens (tertiary/aromatic N) is 3. The molecule has 3 rings (SSSR count). The van der Waals surface area contributed by atoms with Crippen molar-refractivity contribution in [2.75, 3.05) is 16.8 Å². The number of para-hydroxylation sites is 1. The minimum atomic E-state index is -0.241. The van der Waals surface area contributed by atoms with Crippen LogP contribution in [0, 0.1) is 0 Å². The van der Waals surface area contributed by atoms with Gasteiger partial charge in [-0.25, -0.2) is 4.68 Å². The second-order valence-corrected chi connectivity index (χ2v) is 7.08. The average molecular weight is 362 g/mol. The summed E-state index contributed by atoms with van der Waals surface area (Å²) in [6, 6.07) is 10.5. The van der Waals surface area contributed by atoms with Crippen LogP contribution in [0.5, 0.6) is 0 Å². The van der Waals surface area contributed by atoms with Crippen LogP contribution in [-0.2, 0) is 4.79 Å². The molecule has 2 aromatic heterocycles. The lowest BCUT2D eigenvalue weighted by Gasteiger charge is -2.03. The summed E-state index contributed by atoms with van der Waals surface area (Å²) in [6.45, 7) is 0.